The molecule has 70 valence electrons. The van der Waals surface area contributed by atoms with Crippen molar-refractivity contribution >= 4 is 10.0 Å². The van der Waals surface area contributed by atoms with Gasteiger partial charge < -0.3 is 4.98 Å². The van der Waals surface area contributed by atoms with Crippen LogP contribution in [0.3, 0.4) is 0 Å². The number of nitriles is 1. The van der Waals surface area contributed by atoms with Gasteiger partial charge in [0.1, 0.15) is 11.8 Å². The van der Waals surface area contributed by atoms with E-state index in [0.29, 0.717) is 0 Å². The molecule has 0 amide bonds. The lowest BCUT2D eigenvalue weighted by molar-refractivity contribution is 0.513. The van der Waals surface area contributed by atoms with Gasteiger partial charge in [-0.25, -0.2) is 17.7 Å². The lowest BCUT2D eigenvalue weighted by atomic mass is 10.6. The van der Waals surface area contributed by atoms with Crippen LogP contribution in [0.1, 0.15) is 5.69 Å². The molecule has 0 aliphatic heterocycles. The van der Waals surface area contributed by atoms with Gasteiger partial charge in [-0.2, -0.15) is 5.26 Å². The Balaban J connectivity index is 3.18. The Morgan fingerprint density at radius 3 is 2.62 bits per heavy atom. The van der Waals surface area contributed by atoms with E-state index < -0.39 is 10.0 Å². The van der Waals surface area contributed by atoms with Crippen molar-refractivity contribution < 1.29 is 8.42 Å². The fourth-order valence-electron chi connectivity index (χ4n) is 0.664. The van der Waals surface area contributed by atoms with Crippen molar-refractivity contribution in [3.63, 3.8) is 0 Å². The molecule has 0 saturated heterocycles. The molecule has 0 fully saturated rings. The van der Waals surface area contributed by atoms with Crippen LogP contribution in [0, 0.1) is 11.3 Å². The molecule has 1 N–H and O–H groups in total. The van der Waals surface area contributed by atoms with E-state index in [1.807, 2.05) is 0 Å². The highest BCUT2D eigenvalue weighted by atomic mass is 32.2. The fraction of sp³-hybridized carbons (Fsp3) is 0.333. The summed E-state index contributed by atoms with van der Waals surface area (Å²) in [6.45, 7) is 0. The summed E-state index contributed by atoms with van der Waals surface area (Å²) in [5.41, 5.74) is 0.125. The van der Waals surface area contributed by atoms with E-state index in [2.05, 4.69) is 9.97 Å². The number of aromatic nitrogens is 2. The van der Waals surface area contributed by atoms with E-state index in [0.717, 1.165) is 4.31 Å². The van der Waals surface area contributed by atoms with E-state index in [1.165, 1.54) is 20.3 Å². The second-order valence-electron chi connectivity index (χ2n) is 2.50. The highest BCUT2D eigenvalue weighted by molar-refractivity contribution is 7.88. The van der Waals surface area contributed by atoms with Crippen molar-refractivity contribution in [1.82, 2.24) is 14.3 Å². The highest BCUT2D eigenvalue weighted by Crippen LogP contribution is 2.07. The van der Waals surface area contributed by atoms with E-state index in [1.54, 1.807) is 6.07 Å². The van der Waals surface area contributed by atoms with Crippen LogP contribution in [0.5, 0.6) is 0 Å². The van der Waals surface area contributed by atoms with E-state index >= 15 is 0 Å². The molecule has 0 aliphatic rings. The zero-order valence-electron chi connectivity index (χ0n) is 7.14. The zero-order chi connectivity index (χ0) is 10.1. The van der Waals surface area contributed by atoms with Gasteiger partial charge in [0.15, 0.2) is 0 Å². The molecule has 0 saturated carbocycles. The third-order valence-corrected chi connectivity index (χ3v) is 3.06. The Kier molecular flexibility index (Phi) is 2.36. The van der Waals surface area contributed by atoms with Crippen LogP contribution in [-0.2, 0) is 10.0 Å². The summed E-state index contributed by atoms with van der Waals surface area (Å²) in [5, 5.41) is 8.21. The first-order chi connectivity index (χ1) is 5.98. The first kappa shape index (κ1) is 9.70. The Morgan fingerprint density at radius 1 is 1.62 bits per heavy atom. The minimum atomic E-state index is -3.55. The van der Waals surface area contributed by atoms with Gasteiger partial charge in [0.05, 0.1) is 6.20 Å². The molecule has 1 rings (SSSR count). The number of H-pyrrole nitrogens is 1. The number of hydrogen-bond donors (Lipinski definition) is 1. The standard InChI is InChI=1S/C6H8N4O2S/c1-10(2)13(11,12)6-8-4-5(3-7)9-6/h4H,1-2H3,(H,8,9). The molecule has 1 aromatic rings. The topological polar surface area (TPSA) is 89.8 Å². The molecule has 0 spiro atoms. The minimum Gasteiger partial charge on any atom is -0.319 e. The van der Waals surface area contributed by atoms with Crippen molar-refractivity contribution in [3.8, 4) is 6.07 Å². The SMILES string of the molecule is CN(C)S(=O)(=O)c1ncc(C#N)[nH]1. The Bertz CT molecular complexity index is 439. The van der Waals surface area contributed by atoms with Gasteiger partial charge in [0.2, 0.25) is 5.16 Å². The van der Waals surface area contributed by atoms with Gasteiger partial charge in [0, 0.05) is 14.1 Å². The Morgan fingerprint density at radius 2 is 2.23 bits per heavy atom. The van der Waals surface area contributed by atoms with Gasteiger partial charge in [-0.3, -0.25) is 0 Å². The van der Waals surface area contributed by atoms with Crippen LogP contribution in [0.4, 0.5) is 0 Å². The number of aromatic amines is 1. The Hall–Kier alpha value is -1.39. The van der Waals surface area contributed by atoms with E-state index in [9.17, 15) is 8.42 Å². The predicted molar refractivity (Wildman–Crippen MR) is 44.2 cm³/mol. The summed E-state index contributed by atoms with van der Waals surface area (Å²) in [6, 6.07) is 1.76. The lowest BCUT2D eigenvalue weighted by Gasteiger charge is -2.07. The molecule has 0 radical (unpaired) electrons. The second-order valence-corrected chi connectivity index (χ2v) is 4.57. The van der Waals surface area contributed by atoms with E-state index in [-0.39, 0.29) is 10.9 Å². The van der Waals surface area contributed by atoms with Crippen LogP contribution in [0.25, 0.3) is 0 Å². The predicted octanol–water partition coefficient (Wildman–Crippen LogP) is -0.468. The van der Waals surface area contributed by atoms with Gasteiger partial charge in [-0.05, 0) is 0 Å². The van der Waals surface area contributed by atoms with Gasteiger partial charge in [-0.1, -0.05) is 0 Å². The van der Waals surface area contributed by atoms with Crippen molar-refractivity contribution in [2.75, 3.05) is 14.1 Å². The normalized spacial score (nSPS) is 11.5. The first-order valence-corrected chi connectivity index (χ1v) is 4.80. The monoisotopic (exact) mass is 200 g/mol. The Labute approximate surface area is 75.9 Å². The molecular weight excluding hydrogens is 192 g/mol. The maximum Gasteiger partial charge on any atom is 0.276 e. The number of nitrogens with zero attached hydrogens (tertiary/aromatic N) is 3. The molecule has 0 aromatic carbocycles. The fourth-order valence-corrected chi connectivity index (χ4v) is 1.43. The summed E-state index contributed by atoms with van der Waals surface area (Å²) in [7, 11) is -0.765. The zero-order valence-corrected chi connectivity index (χ0v) is 7.96. The maximum atomic E-state index is 11.4. The largest absolute Gasteiger partial charge is 0.319 e. The molecule has 0 unspecified atom stereocenters. The number of nitrogens with one attached hydrogen (secondary N) is 1. The van der Waals surface area contributed by atoms with Crippen LogP contribution in [0.15, 0.2) is 11.4 Å². The molecule has 1 aromatic heterocycles. The average molecular weight is 200 g/mol. The molecule has 0 atom stereocenters. The summed E-state index contributed by atoms with van der Waals surface area (Å²) in [5.74, 6) is 0. The van der Waals surface area contributed by atoms with Crippen molar-refractivity contribution in [3.05, 3.63) is 11.9 Å². The highest BCUT2D eigenvalue weighted by Gasteiger charge is 2.20. The molecule has 0 bridgehead atoms. The van der Waals surface area contributed by atoms with E-state index in [4.69, 9.17) is 5.26 Å². The summed E-state index contributed by atoms with van der Waals surface area (Å²) >= 11 is 0. The van der Waals surface area contributed by atoms with Crippen LogP contribution >= 0.6 is 0 Å². The summed E-state index contributed by atoms with van der Waals surface area (Å²) in [6.07, 6.45) is 1.18. The molecular formula is C6H8N4O2S. The van der Waals surface area contributed by atoms with Gasteiger partial charge in [0.25, 0.3) is 10.0 Å². The van der Waals surface area contributed by atoms with Gasteiger partial charge >= 0.3 is 0 Å². The summed E-state index contributed by atoms with van der Waals surface area (Å²) < 4.78 is 23.8. The number of imidazole rings is 1. The van der Waals surface area contributed by atoms with Crippen LogP contribution < -0.4 is 0 Å². The molecule has 7 heteroatoms. The lowest BCUT2D eigenvalue weighted by Crippen LogP contribution is -2.23. The van der Waals surface area contributed by atoms with Crippen molar-refractivity contribution in [2.24, 2.45) is 0 Å². The molecule has 6 nitrogen and oxygen atoms in total. The minimum absolute atomic E-state index is 0.125. The quantitative estimate of drug-likeness (QED) is 0.698. The molecule has 13 heavy (non-hydrogen) atoms. The smallest absolute Gasteiger partial charge is 0.276 e. The maximum absolute atomic E-state index is 11.4. The van der Waals surface area contributed by atoms with Crippen LogP contribution in [-0.4, -0.2) is 36.8 Å². The molecule has 0 aliphatic carbocycles. The summed E-state index contributed by atoms with van der Waals surface area (Å²) in [4.78, 5) is 5.95. The number of rotatable bonds is 2. The second kappa shape index (κ2) is 3.16. The third kappa shape index (κ3) is 1.68. The number of sulfonamides is 1. The van der Waals surface area contributed by atoms with Crippen molar-refractivity contribution in [1.29, 1.82) is 5.26 Å². The first-order valence-electron chi connectivity index (χ1n) is 3.36. The number of hydrogen-bond acceptors (Lipinski definition) is 4. The average Bonchev–Trinajstić information content (AvgIpc) is 2.51. The van der Waals surface area contributed by atoms with Crippen LogP contribution in [0.2, 0.25) is 0 Å². The molecule has 1 heterocycles. The van der Waals surface area contributed by atoms with Gasteiger partial charge in [-0.15, -0.1) is 0 Å². The van der Waals surface area contributed by atoms with Crippen molar-refractivity contribution in [2.45, 2.75) is 5.16 Å². The third-order valence-electron chi connectivity index (χ3n) is 1.40.